The number of nitrogens with one attached hydrogen (secondary N) is 1. The van der Waals surface area contributed by atoms with Crippen LogP contribution in [0.1, 0.15) is 17.0 Å². The van der Waals surface area contributed by atoms with E-state index in [2.05, 4.69) is 15.3 Å². The van der Waals surface area contributed by atoms with Crippen molar-refractivity contribution in [1.29, 1.82) is 0 Å². The third-order valence-electron chi connectivity index (χ3n) is 2.82. The van der Waals surface area contributed by atoms with Crippen LogP contribution in [0.5, 0.6) is 5.75 Å². The molecule has 0 atom stereocenters. The molecule has 1 aromatic carbocycles. The van der Waals surface area contributed by atoms with E-state index >= 15 is 0 Å². The van der Waals surface area contributed by atoms with Crippen LogP contribution in [-0.4, -0.2) is 23.1 Å². The summed E-state index contributed by atoms with van der Waals surface area (Å²) in [6.45, 7) is 4.49. The van der Waals surface area contributed by atoms with Crippen molar-refractivity contribution in [1.82, 2.24) is 9.97 Å². The molecule has 2 rings (SSSR count). The zero-order chi connectivity index (χ0) is 16.2. The predicted molar refractivity (Wildman–Crippen MR) is 76.9 cm³/mol. The minimum Gasteiger partial charge on any atom is -0.492 e. The highest BCUT2D eigenvalue weighted by Gasteiger charge is 2.29. The molecule has 118 valence electrons. The van der Waals surface area contributed by atoms with Crippen LogP contribution in [0.25, 0.3) is 0 Å². The Morgan fingerprint density at radius 2 is 1.64 bits per heavy atom. The van der Waals surface area contributed by atoms with Gasteiger partial charge in [0.15, 0.2) is 0 Å². The number of aromatic nitrogens is 2. The van der Waals surface area contributed by atoms with Crippen LogP contribution in [0, 0.1) is 13.8 Å². The first-order valence-electron chi connectivity index (χ1n) is 6.71. The Balaban J connectivity index is 1.81. The number of hydrogen-bond acceptors (Lipinski definition) is 4. The number of ether oxygens (including phenoxy) is 1. The molecule has 0 amide bonds. The van der Waals surface area contributed by atoms with Gasteiger partial charge < -0.3 is 10.1 Å². The summed E-state index contributed by atoms with van der Waals surface area (Å²) in [7, 11) is 0. The van der Waals surface area contributed by atoms with Gasteiger partial charge in [-0.2, -0.15) is 13.2 Å². The number of benzene rings is 1. The summed E-state index contributed by atoms with van der Waals surface area (Å²) in [6.07, 6.45) is -4.33. The van der Waals surface area contributed by atoms with Gasteiger partial charge in [0.2, 0.25) is 5.95 Å². The van der Waals surface area contributed by atoms with Crippen molar-refractivity contribution in [2.75, 3.05) is 18.5 Å². The Morgan fingerprint density at radius 3 is 2.18 bits per heavy atom. The van der Waals surface area contributed by atoms with E-state index in [0.29, 0.717) is 24.8 Å². The third kappa shape index (κ3) is 4.61. The summed E-state index contributed by atoms with van der Waals surface area (Å²) >= 11 is 0. The number of hydrogen-bond donors (Lipinski definition) is 1. The highest BCUT2D eigenvalue weighted by atomic mass is 19.4. The molecule has 0 aliphatic heterocycles. The molecule has 0 fully saturated rings. The highest BCUT2D eigenvalue weighted by Crippen LogP contribution is 2.30. The molecular weight excluding hydrogens is 295 g/mol. The van der Waals surface area contributed by atoms with Crippen LogP contribution >= 0.6 is 0 Å². The van der Waals surface area contributed by atoms with Gasteiger partial charge >= 0.3 is 6.18 Å². The fraction of sp³-hybridized carbons (Fsp3) is 0.333. The van der Waals surface area contributed by atoms with Crippen molar-refractivity contribution in [3.8, 4) is 5.75 Å². The number of halogens is 3. The molecule has 0 unspecified atom stereocenters. The first kappa shape index (κ1) is 16.1. The van der Waals surface area contributed by atoms with Gasteiger partial charge in [-0.1, -0.05) is 0 Å². The molecule has 7 heteroatoms. The van der Waals surface area contributed by atoms with Gasteiger partial charge in [-0.05, 0) is 44.2 Å². The Labute approximate surface area is 126 Å². The molecule has 0 aliphatic rings. The average Bonchev–Trinajstić information content (AvgIpc) is 2.42. The first-order chi connectivity index (χ1) is 10.3. The van der Waals surface area contributed by atoms with Crippen molar-refractivity contribution in [3.63, 3.8) is 0 Å². The topological polar surface area (TPSA) is 47.0 Å². The molecule has 2 aromatic rings. The summed E-state index contributed by atoms with van der Waals surface area (Å²) in [5.41, 5.74) is 1.03. The van der Waals surface area contributed by atoms with Gasteiger partial charge in [0.25, 0.3) is 0 Å². The van der Waals surface area contributed by atoms with Crippen LogP contribution in [0.2, 0.25) is 0 Å². The second-order valence-corrected chi connectivity index (χ2v) is 4.77. The molecule has 0 spiro atoms. The van der Waals surface area contributed by atoms with E-state index in [1.54, 1.807) is 0 Å². The van der Waals surface area contributed by atoms with E-state index < -0.39 is 11.7 Å². The zero-order valence-electron chi connectivity index (χ0n) is 12.2. The first-order valence-corrected chi connectivity index (χ1v) is 6.71. The lowest BCUT2D eigenvalue weighted by atomic mass is 10.2. The third-order valence-corrected chi connectivity index (χ3v) is 2.82. The predicted octanol–water partition coefficient (Wildman–Crippen LogP) is 3.60. The van der Waals surface area contributed by atoms with Crippen molar-refractivity contribution in [2.45, 2.75) is 20.0 Å². The van der Waals surface area contributed by atoms with Crippen LogP contribution in [0.4, 0.5) is 19.1 Å². The van der Waals surface area contributed by atoms with Crippen molar-refractivity contribution in [2.24, 2.45) is 0 Å². The van der Waals surface area contributed by atoms with E-state index in [0.717, 1.165) is 23.5 Å². The Morgan fingerprint density at radius 1 is 1.05 bits per heavy atom. The fourth-order valence-electron chi connectivity index (χ4n) is 1.88. The minimum atomic E-state index is -4.33. The van der Waals surface area contributed by atoms with Crippen LogP contribution in [-0.2, 0) is 6.18 Å². The van der Waals surface area contributed by atoms with E-state index in [1.807, 2.05) is 19.9 Å². The molecule has 4 nitrogen and oxygen atoms in total. The lowest BCUT2D eigenvalue weighted by Crippen LogP contribution is -2.14. The molecule has 0 saturated carbocycles. The van der Waals surface area contributed by atoms with Gasteiger partial charge in [0, 0.05) is 11.4 Å². The van der Waals surface area contributed by atoms with Gasteiger partial charge in [-0.3, -0.25) is 0 Å². The maximum absolute atomic E-state index is 12.4. The van der Waals surface area contributed by atoms with E-state index in [-0.39, 0.29) is 0 Å². The summed E-state index contributed by atoms with van der Waals surface area (Å²) in [4.78, 5) is 8.43. The monoisotopic (exact) mass is 311 g/mol. The Bertz CT molecular complexity index is 607. The van der Waals surface area contributed by atoms with Crippen molar-refractivity contribution >= 4 is 5.95 Å². The largest absolute Gasteiger partial charge is 0.492 e. The summed E-state index contributed by atoms with van der Waals surface area (Å²) in [5, 5.41) is 3.00. The average molecular weight is 311 g/mol. The summed E-state index contributed by atoms with van der Waals surface area (Å²) < 4.78 is 42.6. The number of anilines is 1. The molecular formula is C15H16F3N3O. The minimum absolute atomic E-state index is 0.293. The molecule has 1 aromatic heterocycles. The quantitative estimate of drug-likeness (QED) is 0.857. The number of rotatable bonds is 5. The lowest BCUT2D eigenvalue weighted by molar-refractivity contribution is -0.137. The lowest BCUT2D eigenvalue weighted by Gasteiger charge is -2.10. The normalized spacial score (nSPS) is 11.3. The molecule has 0 aliphatic carbocycles. The molecule has 1 heterocycles. The smallest absolute Gasteiger partial charge is 0.416 e. The summed E-state index contributed by atoms with van der Waals surface area (Å²) in [5.74, 6) is 0.893. The number of aryl methyl sites for hydroxylation is 2. The van der Waals surface area contributed by atoms with Crippen molar-refractivity contribution < 1.29 is 17.9 Å². The number of nitrogens with zero attached hydrogens (tertiary/aromatic N) is 2. The van der Waals surface area contributed by atoms with Gasteiger partial charge in [0.1, 0.15) is 12.4 Å². The maximum Gasteiger partial charge on any atom is 0.416 e. The standard InChI is InChI=1S/C15H16F3N3O/c1-10-9-11(2)21-14(20-10)19-7-8-22-13-5-3-12(4-6-13)15(16,17)18/h3-6,9H,7-8H2,1-2H3,(H,19,20,21). The molecule has 0 saturated heterocycles. The maximum atomic E-state index is 12.4. The molecule has 1 N–H and O–H groups in total. The zero-order valence-corrected chi connectivity index (χ0v) is 12.2. The van der Waals surface area contributed by atoms with Crippen LogP contribution in [0.3, 0.4) is 0 Å². The Hall–Kier alpha value is -2.31. The molecule has 22 heavy (non-hydrogen) atoms. The van der Waals surface area contributed by atoms with Crippen molar-refractivity contribution in [3.05, 3.63) is 47.3 Å². The van der Waals surface area contributed by atoms with Crippen LogP contribution < -0.4 is 10.1 Å². The SMILES string of the molecule is Cc1cc(C)nc(NCCOc2ccc(C(F)(F)F)cc2)n1. The Kier molecular flexibility index (Phi) is 4.85. The van der Waals surface area contributed by atoms with E-state index in [4.69, 9.17) is 4.74 Å². The fourth-order valence-corrected chi connectivity index (χ4v) is 1.88. The number of alkyl halides is 3. The second kappa shape index (κ2) is 6.64. The van der Waals surface area contributed by atoms with Crippen LogP contribution in [0.15, 0.2) is 30.3 Å². The second-order valence-electron chi connectivity index (χ2n) is 4.77. The molecule has 0 radical (unpaired) electrons. The van der Waals surface area contributed by atoms with E-state index in [9.17, 15) is 13.2 Å². The van der Waals surface area contributed by atoms with Gasteiger partial charge in [-0.15, -0.1) is 0 Å². The summed E-state index contributed by atoms with van der Waals surface area (Å²) in [6, 6.07) is 6.46. The highest BCUT2D eigenvalue weighted by molar-refractivity contribution is 5.29. The van der Waals surface area contributed by atoms with Gasteiger partial charge in [0.05, 0.1) is 12.1 Å². The van der Waals surface area contributed by atoms with E-state index in [1.165, 1.54) is 12.1 Å². The molecule has 0 bridgehead atoms. The van der Waals surface area contributed by atoms with Gasteiger partial charge in [-0.25, -0.2) is 9.97 Å².